The van der Waals surface area contributed by atoms with Crippen molar-refractivity contribution in [2.45, 2.75) is 51.6 Å². The molecule has 2 unspecified atom stereocenters. The average Bonchev–Trinajstić information content (AvgIpc) is 2.16. The van der Waals surface area contributed by atoms with Crippen molar-refractivity contribution in [2.24, 2.45) is 0 Å². The van der Waals surface area contributed by atoms with Gasteiger partial charge in [0.15, 0.2) is 0 Å². The molecule has 0 aromatic rings. The van der Waals surface area contributed by atoms with Crippen LogP contribution in [0.3, 0.4) is 0 Å². The molecule has 17 heavy (non-hydrogen) atoms. The van der Waals surface area contributed by atoms with E-state index in [0.717, 1.165) is 6.42 Å². The zero-order valence-corrected chi connectivity index (χ0v) is 10.5. The van der Waals surface area contributed by atoms with Gasteiger partial charge in [0.05, 0.1) is 6.42 Å². The Hall–Kier alpha value is -1.52. The number of nitrogens with one attached hydrogen (secondary N) is 2. The number of carbonyl (C=O) groups excluding carboxylic acids is 1. The highest BCUT2D eigenvalue weighted by Gasteiger charge is 2.15. The third kappa shape index (κ3) is 8.30. The molecule has 0 aromatic carbocycles. The van der Waals surface area contributed by atoms with Crippen LogP contribution >= 0.6 is 0 Å². The molecule has 0 radical (unpaired) electrons. The quantitative estimate of drug-likeness (QED) is 0.569. The lowest BCUT2D eigenvalue weighted by Crippen LogP contribution is -2.45. The average molecular weight is 242 g/mol. The van der Waals surface area contributed by atoms with Gasteiger partial charge in [-0.1, -0.05) is 19.4 Å². The Kier molecular flexibility index (Phi) is 7.84. The van der Waals surface area contributed by atoms with Gasteiger partial charge < -0.3 is 15.7 Å². The third-order valence-electron chi connectivity index (χ3n) is 2.29. The molecular weight excluding hydrogens is 220 g/mol. The molecule has 98 valence electrons. The highest BCUT2D eigenvalue weighted by atomic mass is 16.4. The maximum Gasteiger partial charge on any atom is 0.315 e. The van der Waals surface area contributed by atoms with Gasteiger partial charge >= 0.3 is 12.0 Å². The molecule has 0 heterocycles. The van der Waals surface area contributed by atoms with Gasteiger partial charge in [-0.3, -0.25) is 4.79 Å². The van der Waals surface area contributed by atoms with Gasteiger partial charge in [-0.05, 0) is 19.8 Å². The van der Waals surface area contributed by atoms with Crippen LogP contribution in [0, 0.1) is 0 Å². The second-order valence-corrected chi connectivity index (χ2v) is 4.13. The van der Waals surface area contributed by atoms with Gasteiger partial charge in [0.2, 0.25) is 0 Å². The number of hydrogen-bond donors (Lipinski definition) is 3. The maximum absolute atomic E-state index is 11.5. The van der Waals surface area contributed by atoms with Crippen molar-refractivity contribution in [2.75, 3.05) is 0 Å². The van der Waals surface area contributed by atoms with E-state index in [9.17, 15) is 9.59 Å². The normalized spacial score (nSPS) is 13.5. The predicted molar refractivity (Wildman–Crippen MR) is 66.9 cm³/mol. The molecule has 0 aromatic heterocycles. The Morgan fingerprint density at radius 3 is 2.53 bits per heavy atom. The van der Waals surface area contributed by atoms with E-state index in [-0.39, 0.29) is 24.5 Å². The fraction of sp³-hybridized carbons (Fsp3) is 0.667. The molecule has 0 aliphatic carbocycles. The lowest BCUT2D eigenvalue weighted by Gasteiger charge is -2.18. The van der Waals surface area contributed by atoms with E-state index in [1.54, 1.807) is 6.08 Å². The fourth-order valence-corrected chi connectivity index (χ4v) is 1.54. The minimum atomic E-state index is -0.900. The molecule has 0 saturated heterocycles. The number of carbonyl (C=O) groups is 2. The van der Waals surface area contributed by atoms with E-state index in [1.165, 1.54) is 0 Å². The van der Waals surface area contributed by atoms with E-state index >= 15 is 0 Å². The Balaban J connectivity index is 4.10. The first-order valence-corrected chi connectivity index (χ1v) is 5.89. The van der Waals surface area contributed by atoms with Crippen molar-refractivity contribution in [3.63, 3.8) is 0 Å². The van der Waals surface area contributed by atoms with Crippen LogP contribution in [0.1, 0.15) is 39.5 Å². The minimum absolute atomic E-state index is 0.000366. The van der Waals surface area contributed by atoms with Gasteiger partial charge in [0.1, 0.15) is 0 Å². The molecule has 0 saturated carbocycles. The van der Waals surface area contributed by atoms with Crippen LogP contribution in [0.15, 0.2) is 12.7 Å². The van der Waals surface area contributed by atoms with Crippen molar-refractivity contribution >= 4 is 12.0 Å². The summed E-state index contributed by atoms with van der Waals surface area (Å²) in [6.45, 7) is 7.41. The van der Waals surface area contributed by atoms with Crippen LogP contribution in [0.25, 0.3) is 0 Å². The summed E-state index contributed by atoms with van der Waals surface area (Å²) < 4.78 is 0. The molecule has 5 nitrogen and oxygen atoms in total. The van der Waals surface area contributed by atoms with E-state index in [0.29, 0.717) is 12.8 Å². The first-order valence-electron chi connectivity index (χ1n) is 5.89. The highest BCUT2D eigenvalue weighted by molar-refractivity contribution is 5.75. The van der Waals surface area contributed by atoms with Crippen LogP contribution in [-0.4, -0.2) is 29.2 Å². The van der Waals surface area contributed by atoms with Crippen molar-refractivity contribution in [3.8, 4) is 0 Å². The Morgan fingerprint density at radius 1 is 1.41 bits per heavy atom. The summed E-state index contributed by atoms with van der Waals surface area (Å²) in [5.74, 6) is -0.900. The van der Waals surface area contributed by atoms with E-state index in [4.69, 9.17) is 5.11 Å². The number of rotatable bonds is 8. The lowest BCUT2D eigenvalue weighted by molar-refractivity contribution is -0.137. The second kappa shape index (κ2) is 8.61. The van der Waals surface area contributed by atoms with Crippen LogP contribution in [0.2, 0.25) is 0 Å². The number of amides is 2. The molecular formula is C12H22N2O3. The van der Waals surface area contributed by atoms with Crippen LogP contribution < -0.4 is 10.6 Å². The summed E-state index contributed by atoms with van der Waals surface area (Å²) in [4.78, 5) is 22.2. The van der Waals surface area contributed by atoms with Gasteiger partial charge in [-0.25, -0.2) is 4.79 Å². The van der Waals surface area contributed by atoms with Gasteiger partial charge in [-0.15, -0.1) is 6.58 Å². The summed E-state index contributed by atoms with van der Waals surface area (Å²) >= 11 is 0. The Morgan fingerprint density at radius 2 is 2.06 bits per heavy atom. The zero-order valence-electron chi connectivity index (χ0n) is 10.5. The number of urea groups is 1. The summed E-state index contributed by atoms with van der Waals surface area (Å²) in [6.07, 6.45) is 3.86. The van der Waals surface area contributed by atoms with Crippen molar-refractivity contribution in [1.82, 2.24) is 10.6 Å². The van der Waals surface area contributed by atoms with Gasteiger partial charge in [-0.2, -0.15) is 0 Å². The maximum atomic E-state index is 11.5. The van der Waals surface area contributed by atoms with E-state index in [2.05, 4.69) is 17.2 Å². The van der Waals surface area contributed by atoms with E-state index < -0.39 is 5.97 Å². The van der Waals surface area contributed by atoms with Crippen LogP contribution in [0.4, 0.5) is 4.79 Å². The fourth-order valence-electron chi connectivity index (χ4n) is 1.54. The summed E-state index contributed by atoms with van der Waals surface area (Å²) in [5, 5.41) is 14.1. The molecule has 0 fully saturated rings. The lowest BCUT2D eigenvalue weighted by atomic mass is 10.1. The van der Waals surface area contributed by atoms with Crippen molar-refractivity contribution < 1.29 is 14.7 Å². The molecule has 2 atom stereocenters. The standard InChI is InChI=1S/C12H22N2O3/c1-4-6-9(3)13-12(17)14-10(7-5-2)8-11(15)16/h4,9-10H,1,5-8H2,2-3H3,(H,15,16)(H2,13,14,17). The van der Waals surface area contributed by atoms with E-state index in [1.807, 2.05) is 13.8 Å². The molecule has 5 heteroatoms. The first kappa shape index (κ1) is 15.5. The SMILES string of the molecule is C=CCC(C)NC(=O)NC(CCC)CC(=O)O. The molecule has 0 bridgehead atoms. The number of carboxylic acid groups (broad SMARTS) is 1. The van der Waals surface area contributed by atoms with Crippen LogP contribution in [-0.2, 0) is 4.79 Å². The van der Waals surface area contributed by atoms with Gasteiger partial charge in [0.25, 0.3) is 0 Å². The monoisotopic (exact) mass is 242 g/mol. The summed E-state index contributed by atoms with van der Waals surface area (Å²) in [7, 11) is 0. The predicted octanol–water partition coefficient (Wildman–Crippen LogP) is 1.89. The molecule has 0 spiro atoms. The summed E-state index contributed by atoms with van der Waals surface area (Å²) in [6, 6.07) is -0.632. The molecule has 0 aliphatic rings. The number of hydrogen-bond acceptors (Lipinski definition) is 2. The minimum Gasteiger partial charge on any atom is -0.481 e. The summed E-state index contributed by atoms with van der Waals surface area (Å²) in [5.41, 5.74) is 0. The largest absolute Gasteiger partial charge is 0.481 e. The zero-order chi connectivity index (χ0) is 13.3. The van der Waals surface area contributed by atoms with Crippen molar-refractivity contribution in [1.29, 1.82) is 0 Å². The second-order valence-electron chi connectivity index (χ2n) is 4.13. The molecule has 0 rings (SSSR count). The first-order chi connectivity index (χ1) is 7.99. The molecule has 2 amide bonds. The van der Waals surface area contributed by atoms with Crippen molar-refractivity contribution in [3.05, 3.63) is 12.7 Å². The molecule has 0 aliphatic heterocycles. The van der Waals surface area contributed by atoms with Gasteiger partial charge in [0, 0.05) is 12.1 Å². The molecule has 3 N–H and O–H groups in total. The van der Waals surface area contributed by atoms with Crippen LogP contribution in [0.5, 0.6) is 0 Å². The topological polar surface area (TPSA) is 78.4 Å². The Labute approximate surface area is 102 Å². The number of aliphatic carboxylic acids is 1. The smallest absolute Gasteiger partial charge is 0.315 e. The number of carboxylic acids is 1. The highest BCUT2D eigenvalue weighted by Crippen LogP contribution is 2.02. The Bertz CT molecular complexity index is 266. The third-order valence-corrected chi connectivity index (χ3v) is 2.29.